The summed E-state index contributed by atoms with van der Waals surface area (Å²) in [5.41, 5.74) is 0. The van der Waals surface area contributed by atoms with Gasteiger partial charge < -0.3 is 15.2 Å². The number of alkyl carbamates (subject to hydrolysis) is 1. The summed E-state index contributed by atoms with van der Waals surface area (Å²) in [6.07, 6.45) is -5.02. The Morgan fingerprint density at radius 2 is 1.88 bits per heavy atom. The van der Waals surface area contributed by atoms with Crippen LogP contribution in [0.15, 0.2) is 0 Å². The molecule has 102 valence electrons. The Morgan fingerprint density at radius 1 is 1.35 bits per heavy atom. The van der Waals surface area contributed by atoms with Gasteiger partial charge in [0.1, 0.15) is 0 Å². The lowest BCUT2D eigenvalue weighted by Gasteiger charge is -2.20. The van der Waals surface area contributed by atoms with E-state index in [2.05, 4.69) is 10.1 Å². The van der Waals surface area contributed by atoms with Crippen molar-refractivity contribution in [3.8, 4) is 0 Å². The predicted molar refractivity (Wildman–Crippen MR) is 55.5 cm³/mol. The summed E-state index contributed by atoms with van der Waals surface area (Å²) in [6, 6.07) is 0. The molecule has 0 aromatic rings. The molecule has 2 N–H and O–H groups in total. The number of aliphatic hydroxyl groups is 1. The molecule has 0 fully saturated rings. The molecule has 0 rings (SSSR count). The van der Waals surface area contributed by atoms with Gasteiger partial charge in [0.05, 0.1) is 6.10 Å². The smallest absolute Gasteiger partial charge is 0.422 e. The molecule has 0 aromatic carbocycles. The van der Waals surface area contributed by atoms with Gasteiger partial charge >= 0.3 is 12.3 Å². The first-order valence-electron chi connectivity index (χ1n) is 5.45. The Kier molecular flexibility index (Phi) is 6.94. The Balaban J connectivity index is 3.84. The highest BCUT2D eigenvalue weighted by molar-refractivity contribution is 5.67. The fourth-order valence-corrected chi connectivity index (χ4v) is 1.39. The molecule has 0 heterocycles. The summed E-state index contributed by atoms with van der Waals surface area (Å²) in [6.45, 7) is 2.04. The molecule has 0 bridgehead atoms. The number of amides is 1. The first-order chi connectivity index (χ1) is 7.80. The normalized spacial score (nSPS) is 13.6. The number of hydrogen-bond donors (Lipinski definition) is 2. The Morgan fingerprint density at radius 3 is 2.29 bits per heavy atom. The van der Waals surface area contributed by atoms with Gasteiger partial charge in [-0.15, -0.1) is 0 Å². The van der Waals surface area contributed by atoms with E-state index in [9.17, 15) is 23.1 Å². The van der Waals surface area contributed by atoms with Crippen LogP contribution in [0.4, 0.5) is 18.0 Å². The van der Waals surface area contributed by atoms with Gasteiger partial charge in [0.15, 0.2) is 6.61 Å². The SMILES string of the molecule is CCC(CC)C(O)CNC(=O)OCC(F)(F)F. The average Bonchev–Trinajstić information content (AvgIpc) is 2.24. The summed E-state index contributed by atoms with van der Waals surface area (Å²) in [4.78, 5) is 10.8. The van der Waals surface area contributed by atoms with Crippen molar-refractivity contribution in [3.63, 3.8) is 0 Å². The summed E-state index contributed by atoms with van der Waals surface area (Å²) >= 11 is 0. The van der Waals surface area contributed by atoms with E-state index in [1.54, 1.807) is 0 Å². The number of halogens is 3. The number of alkyl halides is 3. The largest absolute Gasteiger partial charge is 0.440 e. The van der Waals surface area contributed by atoms with E-state index in [4.69, 9.17) is 0 Å². The lowest BCUT2D eigenvalue weighted by molar-refractivity contribution is -0.160. The van der Waals surface area contributed by atoms with Crippen molar-refractivity contribution in [1.82, 2.24) is 5.32 Å². The van der Waals surface area contributed by atoms with Crippen molar-refractivity contribution in [2.24, 2.45) is 5.92 Å². The molecular weight excluding hydrogens is 239 g/mol. The second-order valence-electron chi connectivity index (χ2n) is 3.72. The van der Waals surface area contributed by atoms with Gasteiger partial charge in [0, 0.05) is 6.54 Å². The number of rotatable bonds is 6. The zero-order valence-corrected chi connectivity index (χ0v) is 9.88. The third kappa shape index (κ3) is 7.84. The van der Waals surface area contributed by atoms with Crippen molar-refractivity contribution < 1.29 is 27.8 Å². The summed E-state index contributed by atoms with van der Waals surface area (Å²) < 4.78 is 39.0. The molecule has 0 saturated carbocycles. The molecule has 7 heteroatoms. The number of carbonyl (C=O) groups excluding carboxylic acids is 1. The van der Waals surface area contributed by atoms with E-state index in [1.165, 1.54) is 0 Å². The van der Waals surface area contributed by atoms with Crippen molar-refractivity contribution >= 4 is 6.09 Å². The van der Waals surface area contributed by atoms with Crippen LogP contribution in [-0.2, 0) is 4.74 Å². The van der Waals surface area contributed by atoms with Crippen LogP contribution in [0, 0.1) is 5.92 Å². The molecule has 0 aliphatic carbocycles. The number of hydrogen-bond acceptors (Lipinski definition) is 3. The average molecular weight is 257 g/mol. The maximum Gasteiger partial charge on any atom is 0.422 e. The molecule has 17 heavy (non-hydrogen) atoms. The maximum atomic E-state index is 11.7. The van der Waals surface area contributed by atoms with Gasteiger partial charge in [-0.1, -0.05) is 26.7 Å². The van der Waals surface area contributed by atoms with Crippen LogP contribution in [0.5, 0.6) is 0 Å². The minimum Gasteiger partial charge on any atom is -0.440 e. The highest BCUT2D eigenvalue weighted by atomic mass is 19.4. The molecule has 0 spiro atoms. The third-order valence-corrected chi connectivity index (χ3v) is 2.42. The Hall–Kier alpha value is -0.980. The van der Waals surface area contributed by atoms with Gasteiger partial charge in [0.25, 0.3) is 0 Å². The fourth-order valence-electron chi connectivity index (χ4n) is 1.39. The minimum atomic E-state index is -4.54. The van der Waals surface area contributed by atoms with Crippen LogP contribution in [-0.4, -0.2) is 36.6 Å². The van der Waals surface area contributed by atoms with Crippen LogP contribution in [0.2, 0.25) is 0 Å². The van der Waals surface area contributed by atoms with E-state index in [1.807, 2.05) is 13.8 Å². The summed E-state index contributed by atoms with van der Waals surface area (Å²) in [7, 11) is 0. The molecule has 1 atom stereocenters. The van der Waals surface area contributed by atoms with Crippen LogP contribution in [0.25, 0.3) is 0 Å². The molecule has 0 aliphatic heterocycles. The van der Waals surface area contributed by atoms with Crippen molar-refractivity contribution in [2.75, 3.05) is 13.2 Å². The van der Waals surface area contributed by atoms with Gasteiger partial charge in [-0.3, -0.25) is 0 Å². The van der Waals surface area contributed by atoms with Crippen LogP contribution in [0.3, 0.4) is 0 Å². The standard InChI is InChI=1S/C10H18F3NO3/c1-3-7(4-2)8(15)5-14-9(16)17-6-10(11,12)13/h7-8,15H,3-6H2,1-2H3,(H,14,16). The van der Waals surface area contributed by atoms with Gasteiger partial charge in [0.2, 0.25) is 0 Å². The molecule has 0 aliphatic rings. The van der Waals surface area contributed by atoms with E-state index in [0.29, 0.717) is 0 Å². The van der Waals surface area contributed by atoms with Crippen molar-refractivity contribution in [3.05, 3.63) is 0 Å². The van der Waals surface area contributed by atoms with Crippen molar-refractivity contribution in [1.29, 1.82) is 0 Å². The number of aliphatic hydroxyl groups excluding tert-OH is 1. The zero-order valence-electron chi connectivity index (χ0n) is 9.88. The van der Waals surface area contributed by atoms with E-state index < -0.39 is 25.0 Å². The van der Waals surface area contributed by atoms with E-state index in [0.717, 1.165) is 12.8 Å². The van der Waals surface area contributed by atoms with Crippen LogP contribution >= 0.6 is 0 Å². The third-order valence-electron chi connectivity index (χ3n) is 2.42. The monoisotopic (exact) mass is 257 g/mol. The lowest BCUT2D eigenvalue weighted by Crippen LogP contribution is -2.37. The Bertz CT molecular complexity index is 229. The quantitative estimate of drug-likeness (QED) is 0.765. The number of carbonyl (C=O) groups is 1. The van der Waals surface area contributed by atoms with E-state index in [-0.39, 0.29) is 12.5 Å². The second kappa shape index (κ2) is 7.37. The number of ether oxygens (including phenoxy) is 1. The van der Waals surface area contributed by atoms with Crippen molar-refractivity contribution in [2.45, 2.75) is 39.0 Å². The number of nitrogens with one attached hydrogen (secondary N) is 1. The predicted octanol–water partition coefficient (Wildman–Crippen LogP) is 2.07. The van der Waals surface area contributed by atoms with Gasteiger partial charge in [-0.25, -0.2) is 4.79 Å². The first kappa shape index (κ1) is 16.0. The van der Waals surface area contributed by atoms with E-state index >= 15 is 0 Å². The first-order valence-corrected chi connectivity index (χ1v) is 5.45. The molecular formula is C10H18F3NO3. The minimum absolute atomic E-state index is 0.0120. The molecule has 0 aromatic heterocycles. The van der Waals surface area contributed by atoms with Gasteiger partial charge in [-0.05, 0) is 5.92 Å². The molecule has 1 unspecified atom stereocenters. The molecule has 0 saturated heterocycles. The van der Waals surface area contributed by atoms with Crippen LogP contribution < -0.4 is 5.32 Å². The van der Waals surface area contributed by atoms with Crippen LogP contribution in [0.1, 0.15) is 26.7 Å². The molecule has 0 radical (unpaired) electrons. The zero-order chi connectivity index (χ0) is 13.5. The summed E-state index contributed by atoms with van der Waals surface area (Å²) in [5.74, 6) is 0.0120. The highest BCUT2D eigenvalue weighted by Crippen LogP contribution is 2.14. The fraction of sp³-hybridized carbons (Fsp3) is 0.900. The molecule has 4 nitrogen and oxygen atoms in total. The molecule has 1 amide bonds. The highest BCUT2D eigenvalue weighted by Gasteiger charge is 2.29. The lowest BCUT2D eigenvalue weighted by atomic mass is 9.97. The Labute approximate surface area is 98.1 Å². The van der Waals surface area contributed by atoms with Gasteiger partial charge in [-0.2, -0.15) is 13.2 Å². The topological polar surface area (TPSA) is 58.6 Å². The maximum absolute atomic E-state index is 11.7. The second-order valence-corrected chi connectivity index (χ2v) is 3.72. The summed E-state index contributed by atoms with van der Waals surface area (Å²) in [5, 5.41) is 11.7.